The number of anilines is 5. The lowest BCUT2D eigenvalue weighted by Crippen LogP contribution is -2.41. The molecule has 1 saturated heterocycles. The van der Waals surface area contributed by atoms with E-state index in [9.17, 15) is 38.4 Å². The second kappa shape index (κ2) is 24.1. The van der Waals surface area contributed by atoms with E-state index in [4.69, 9.17) is 14.2 Å². The Kier molecular flexibility index (Phi) is 16.8. The van der Waals surface area contributed by atoms with E-state index in [1.807, 2.05) is 91.5 Å². The smallest absolute Gasteiger partial charge is 0.260 e. The molecule has 0 aromatic heterocycles. The minimum absolute atomic E-state index is 0.0181. The van der Waals surface area contributed by atoms with Crippen molar-refractivity contribution in [2.75, 3.05) is 72.0 Å². The van der Waals surface area contributed by atoms with Crippen molar-refractivity contribution in [1.82, 2.24) is 10.2 Å². The highest BCUT2D eigenvalue weighted by Gasteiger charge is 2.42. The number of rotatable bonds is 21. The fourth-order valence-corrected chi connectivity index (χ4v) is 12.6. The van der Waals surface area contributed by atoms with Crippen molar-refractivity contribution in [3.05, 3.63) is 130 Å². The molecule has 5 aromatic carbocycles. The zero-order chi connectivity index (χ0) is 58.1. The monoisotopic (exact) mass is 1130 g/mol. The number of methoxy groups -OCH3 is 1. The van der Waals surface area contributed by atoms with Crippen LogP contribution in [0.25, 0.3) is 0 Å². The lowest BCUT2D eigenvalue weighted by Gasteiger charge is -2.25. The van der Waals surface area contributed by atoms with Crippen LogP contribution in [0.3, 0.4) is 0 Å². The van der Waals surface area contributed by atoms with Crippen LogP contribution in [0.15, 0.2) is 91.0 Å². The third-order valence-corrected chi connectivity index (χ3v) is 17.2. The van der Waals surface area contributed by atoms with E-state index in [0.29, 0.717) is 70.4 Å². The van der Waals surface area contributed by atoms with E-state index >= 15 is 0 Å². The van der Waals surface area contributed by atoms with E-state index in [-0.39, 0.29) is 99.1 Å². The topological polar surface area (TPSA) is 205 Å². The number of hydrogen-bond donors (Lipinski definition) is 2. The number of nitrogens with one attached hydrogen (secondary N) is 2. The van der Waals surface area contributed by atoms with Crippen molar-refractivity contribution >= 4 is 87.2 Å². The molecule has 0 saturated carbocycles. The van der Waals surface area contributed by atoms with Gasteiger partial charge >= 0.3 is 0 Å². The molecule has 82 heavy (non-hydrogen) atoms. The summed E-state index contributed by atoms with van der Waals surface area (Å²) in [4.78, 5) is 115. The van der Waals surface area contributed by atoms with Gasteiger partial charge in [0.15, 0.2) is 17.3 Å². The molecule has 6 amide bonds. The van der Waals surface area contributed by atoms with E-state index in [2.05, 4.69) is 32.6 Å². The van der Waals surface area contributed by atoms with Gasteiger partial charge in [-0.1, -0.05) is 43.3 Å². The first kappa shape index (κ1) is 57.1. The highest BCUT2D eigenvalue weighted by atomic mass is 32.2. The van der Waals surface area contributed by atoms with Gasteiger partial charge in [0, 0.05) is 101 Å². The van der Waals surface area contributed by atoms with Crippen LogP contribution in [0.2, 0.25) is 0 Å². The van der Waals surface area contributed by atoms with Gasteiger partial charge in [-0.3, -0.25) is 43.3 Å². The number of likely N-dealkylation sites (N-methyl/N-ethyl adjacent to an activating group) is 2. The number of aryl methyl sites for hydroxylation is 1. The molecule has 428 valence electrons. The number of nitrogens with zero attached hydrogens (tertiary/aromatic N) is 5. The molecular weight excluding hydrogens is 1060 g/mol. The quantitative estimate of drug-likeness (QED) is 0.0672. The number of para-hydroxylation sites is 2. The molecule has 5 aromatic rings. The normalized spacial score (nSPS) is 18.6. The third-order valence-electron chi connectivity index (χ3n) is 16.3. The minimum atomic E-state index is -0.932. The Morgan fingerprint density at radius 2 is 1.26 bits per heavy atom. The molecule has 5 heterocycles. The highest BCUT2D eigenvalue weighted by Crippen LogP contribution is 2.43. The van der Waals surface area contributed by atoms with Crippen molar-refractivity contribution < 1.29 is 52.6 Å². The average Bonchev–Trinajstić information content (AvgIpc) is 4.24. The van der Waals surface area contributed by atoms with E-state index < -0.39 is 29.0 Å². The maximum absolute atomic E-state index is 14.3. The fraction of sp³-hybridized carbons (Fsp3) is 0.397. The summed E-state index contributed by atoms with van der Waals surface area (Å²) < 4.78 is 19.0. The van der Waals surface area contributed by atoms with Crippen LogP contribution >= 0.6 is 11.8 Å². The number of carbonyl (C=O) groups excluding carboxylic acids is 8. The molecule has 1 fully saturated rings. The summed E-state index contributed by atoms with van der Waals surface area (Å²) in [6, 6.07) is 27.9. The van der Waals surface area contributed by atoms with Gasteiger partial charge in [0.2, 0.25) is 23.6 Å². The second-order valence-electron chi connectivity index (χ2n) is 22.2. The standard InChI is InChI=1S/C63H69N7O11S/c1-36-21-47-51(66(4)32-44-26-41-13-8-10-16-49(41)69(44)61(47)76)29-54(36)80-34-39-23-40(35-81-56-30-52-48(28-55(56)79-6)62(77)70-45(33-67(52)5)27-42-14-9-11-17-50(42)70)25-43(24-39)65-60(75)37(2)22-53(72)38(3)64-58(73)19-18-46(71)15-12-20-68-59(74)31-57(82-7)63(68)78/h8-11,13-14,16-17,21,23-25,28-30,37-38,44-45,57H,12,15,18-20,22,26-27,31-35H2,1-7H3,(H,64,73)(H,65,75)/t37-,38+,44+,45+,57?/m1/s1. The van der Waals surface area contributed by atoms with Crippen LogP contribution in [0.5, 0.6) is 17.2 Å². The second-order valence-corrected chi connectivity index (χ2v) is 23.2. The van der Waals surface area contributed by atoms with Crippen LogP contribution in [0, 0.1) is 12.8 Å². The molecule has 0 aliphatic carbocycles. The molecule has 5 aliphatic heterocycles. The molecule has 0 radical (unpaired) electrons. The Balaban J connectivity index is 0.822. The summed E-state index contributed by atoms with van der Waals surface area (Å²) in [5.74, 6) is -1.61. The Labute approximate surface area is 481 Å². The number of fused-ring (bicyclic) bond motifs is 8. The van der Waals surface area contributed by atoms with Gasteiger partial charge in [-0.25, -0.2) is 0 Å². The number of hydrogen-bond acceptors (Lipinski definition) is 14. The number of ketones is 2. The van der Waals surface area contributed by atoms with Crippen LogP contribution in [0.1, 0.15) is 101 Å². The number of benzene rings is 5. The van der Waals surface area contributed by atoms with Crippen molar-refractivity contribution in [3.8, 4) is 17.2 Å². The predicted octanol–water partition coefficient (Wildman–Crippen LogP) is 7.86. The number of likely N-dealkylation sites (tertiary alicyclic amines) is 1. The van der Waals surface area contributed by atoms with Gasteiger partial charge in [-0.15, -0.1) is 0 Å². The maximum Gasteiger partial charge on any atom is 0.260 e. The van der Waals surface area contributed by atoms with Crippen molar-refractivity contribution in [2.45, 2.75) is 109 Å². The molecule has 0 spiro atoms. The van der Waals surface area contributed by atoms with E-state index in [0.717, 1.165) is 46.6 Å². The van der Waals surface area contributed by atoms with Gasteiger partial charge in [0.25, 0.3) is 11.8 Å². The first-order chi connectivity index (χ1) is 39.4. The Morgan fingerprint density at radius 3 is 1.84 bits per heavy atom. The number of imide groups is 1. The molecular formula is C63H69N7O11S. The van der Waals surface area contributed by atoms with Crippen molar-refractivity contribution in [3.63, 3.8) is 0 Å². The summed E-state index contributed by atoms with van der Waals surface area (Å²) in [6.45, 7) is 6.55. The van der Waals surface area contributed by atoms with Crippen molar-refractivity contribution in [1.29, 1.82) is 0 Å². The summed E-state index contributed by atoms with van der Waals surface area (Å²) in [5, 5.41) is 5.26. The lowest BCUT2D eigenvalue weighted by atomic mass is 9.99. The molecule has 10 rings (SSSR count). The summed E-state index contributed by atoms with van der Waals surface area (Å²) in [7, 11) is 5.48. The van der Waals surface area contributed by atoms with Crippen molar-refractivity contribution in [2.24, 2.45) is 5.92 Å². The molecule has 5 aliphatic rings. The first-order valence-electron chi connectivity index (χ1n) is 27.9. The predicted molar refractivity (Wildman–Crippen MR) is 314 cm³/mol. The van der Waals surface area contributed by atoms with Crippen LogP contribution in [0.4, 0.5) is 28.4 Å². The van der Waals surface area contributed by atoms with Crippen LogP contribution in [-0.4, -0.2) is 122 Å². The van der Waals surface area contributed by atoms with Gasteiger partial charge in [-0.05, 0) is 110 Å². The van der Waals surface area contributed by atoms with Gasteiger partial charge in [0.1, 0.15) is 24.7 Å². The van der Waals surface area contributed by atoms with E-state index in [1.54, 1.807) is 31.4 Å². The average molecular weight is 1130 g/mol. The Morgan fingerprint density at radius 1 is 0.683 bits per heavy atom. The van der Waals surface area contributed by atoms with E-state index in [1.165, 1.54) is 30.7 Å². The van der Waals surface area contributed by atoms with Crippen LogP contribution < -0.4 is 44.4 Å². The zero-order valence-electron chi connectivity index (χ0n) is 47.4. The third kappa shape index (κ3) is 11.8. The summed E-state index contributed by atoms with van der Waals surface area (Å²) >= 11 is 1.33. The molecule has 1 unspecified atom stereocenters. The van der Waals surface area contributed by atoms with Gasteiger partial charge in [0.05, 0.1) is 53.0 Å². The largest absolute Gasteiger partial charge is 0.493 e. The molecule has 19 heteroatoms. The molecule has 0 bridgehead atoms. The number of amides is 6. The Bertz CT molecular complexity index is 3400. The number of carbonyl (C=O) groups is 8. The Hall–Kier alpha value is -8.19. The molecule has 2 N–H and O–H groups in total. The summed E-state index contributed by atoms with van der Waals surface area (Å²) in [5.41, 5.74) is 9.22. The summed E-state index contributed by atoms with van der Waals surface area (Å²) in [6.07, 6.45) is 3.46. The number of ether oxygens (including phenoxy) is 3. The molecule has 5 atom stereocenters. The number of Topliss-reactive ketones (excluding diaryl/α,β-unsaturated/α-hetero) is 2. The maximum atomic E-state index is 14.3. The SMILES string of the molecule is COc1cc2c(cc1OCc1cc(COc3cc4c(cc3C)C(=O)N3c5ccccc5C[C@H]3CN4C)cc(NC(=O)[C@H](C)CC(=O)[C@H](C)NC(=O)CCC(=O)CCCN3C(=O)CC(SC)C3=O)c1)N(C)C[C@@H]1Cc3ccccc3N1C2=O. The van der Waals surface area contributed by atoms with Gasteiger partial charge < -0.3 is 44.4 Å². The lowest BCUT2D eigenvalue weighted by molar-refractivity contribution is -0.138. The van der Waals surface area contributed by atoms with Gasteiger partial charge in [-0.2, -0.15) is 11.8 Å². The molecule has 18 nitrogen and oxygen atoms in total. The van der Waals surface area contributed by atoms with Crippen LogP contribution in [-0.2, 0) is 54.8 Å². The first-order valence-corrected chi connectivity index (χ1v) is 29.2. The fourth-order valence-electron chi connectivity index (χ4n) is 11.9. The zero-order valence-corrected chi connectivity index (χ0v) is 48.2. The highest BCUT2D eigenvalue weighted by molar-refractivity contribution is 8.00. The number of thioether (sulfide) groups is 1. The minimum Gasteiger partial charge on any atom is -0.493 e.